The maximum atomic E-state index is 11.2. The van der Waals surface area contributed by atoms with Gasteiger partial charge in [-0.25, -0.2) is 4.98 Å². The standard InChI is InChI=1S/C19H18ClN3O/c20-18(24)14-9-7-13(8-10-14)12-23-17-6-2-1-4-15(17)22-19(23)16-5-3-11-21-16/h1-2,4,6-10,16,21H,3,5,11-12H2. The molecule has 0 aliphatic carbocycles. The highest BCUT2D eigenvalue weighted by Crippen LogP contribution is 2.27. The molecule has 0 bridgehead atoms. The van der Waals surface area contributed by atoms with E-state index in [0.717, 1.165) is 41.9 Å². The van der Waals surface area contributed by atoms with Crippen LogP contribution in [0.15, 0.2) is 48.5 Å². The molecule has 0 radical (unpaired) electrons. The Morgan fingerprint density at radius 1 is 1.21 bits per heavy atom. The molecule has 1 N–H and O–H groups in total. The van der Waals surface area contributed by atoms with Gasteiger partial charge < -0.3 is 9.88 Å². The van der Waals surface area contributed by atoms with E-state index in [1.165, 1.54) is 6.42 Å². The van der Waals surface area contributed by atoms with Gasteiger partial charge in [0.25, 0.3) is 5.24 Å². The minimum atomic E-state index is -0.425. The van der Waals surface area contributed by atoms with Gasteiger partial charge in [-0.15, -0.1) is 0 Å². The highest BCUT2D eigenvalue weighted by Gasteiger charge is 2.23. The number of halogens is 1. The first-order valence-corrected chi connectivity index (χ1v) is 8.57. The predicted molar refractivity (Wildman–Crippen MR) is 95.4 cm³/mol. The first kappa shape index (κ1) is 15.4. The van der Waals surface area contributed by atoms with E-state index >= 15 is 0 Å². The Balaban J connectivity index is 1.74. The van der Waals surface area contributed by atoms with Crippen LogP contribution in [0.5, 0.6) is 0 Å². The van der Waals surface area contributed by atoms with Crippen molar-refractivity contribution in [3.63, 3.8) is 0 Å². The van der Waals surface area contributed by atoms with Gasteiger partial charge >= 0.3 is 0 Å². The van der Waals surface area contributed by atoms with Gasteiger partial charge in [0.05, 0.1) is 17.1 Å². The molecule has 1 fully saturated rings. The van der Waals surface area contributed by atoms with Crippen LogP contribution in [-0.2, 0) is 6.54 Å². The van der Waals surface area contributed by atoms with Crippen molar-refractivity contribution >= 4 is 27.9 Å². The predicted octanol–water partition coefficient (Wildman–Crippen LogP) is 3.89. The summed E-state index contributed by atoms with van der Waals surface area (Å²) in [6.07, 6.45) is 2.30. The number of fused-ring (bicyclic) bond motifs is 1. The van der Waals surface area contributed by atoms with Crippen LogP contribution in [-0.4, -0.2) is 21.3 Å². The topological polar surface area (TPSA) is 46.9 Å². The largest absolute Gasteiger partial charge is 0.322 e. The second kappa shape index (κ2) is 6.38. The normalized spacial score (nSPS) is 17.5. The minimum absolute atomic E-state index is 0.307. The lowest BCUT2D eigenvalue weighted by molar-refractivity contribution is 0.108. The number of hydrogen-bond donors (Lipinski definition) is 1. The van der Waals surface area contributed by atoms with Crippen molar-refractivity contribution in [2.75, 3.05) is 6.54 Å². The molecule has 24 heavy (non-hydrogen) atoms. The van der Waals surface area contributed by atoms with Crippen molar-refractivity contribution < 1.29 is 4.79 Å². The number of hydrogen-bond acceptors (Lipinski definition) is 3. The third-order valence-corrected chi connectivity index (χ3v) is 4.80. The maximum Gasteiger partial charge on any atom is 0.252 e. The van der Waals surface area contributed by atoms with Crippen molar-refractivity contribution in [3.8, 4) is 0 Å². The third kappa shape index (κ3) is 2.83. The fraction of sp³-hybridized carbons (Fsp3) is 0.263. The van der Waals surface area contributed by atoms with Crippen molar-refractivity contribution in [1.82, 2.24) is 14.9 Å². The number of carbonyl (C=O) groups excluding carboxylic acids is 1. The molecule has 5 heteroatoms. The molecule has 1 saturated heterocycles. The molecule has 1 atom stereocenters. The van der Waals surface area contributed by atoms with Crippen LogP contribution in [0.1, 0.15) is 40.6 Å². The molecule has 2 heterocycles. The molecule has 1 unspecified atom stereocenters. The molecule has 0 saturated carbocycles. The van der Waals surface area contributed by atoms with E-state index in [4.69, 9.17) is 16.6 Å². The Kier molecular flexibility index (Phi) is 4.08. The number of rotatable bonds is 4. The van der Waals surface area contributed by atoms with E-state index < -0.39 is 5.24 Å². The zero-order chi connectivity index (χ0) is 16.5. The van der Waals surface area contributed by atoms with Gasteiger partial charge in [0.1, 0.15) is 5.82 Å². The summed E-state index contributed by atoms with van der Waals surface area (Å²) in [5, 5.41) is 3.11. The van der Waals surface area contributed by atoms with Crippen LogP contribution in [0.3, 0.4) is 0 Å². The monoisotopic (exact) mass is 339 g/mol. The second-order valence-electron chi connectivity index (χ2n) is 6.16. The number of benzene rings is 2. The number of imidazole rings is 1. The Morgan fingerprint density at radius 2 is 2.00 bits per heavy atom. The van der Waals surface area contributed by atoms with Crippen molar-refractivity contribution in [2.45, 2.75) is 25.4 Å². The van der Waals surface area contributed by atoms with E-state index in [1.807, 2.05) is 24.3 Å². The van der Waals surface area contributed by atoms with Crippen LogP contribution in [0.4, 0.5) is 0 Å². The summed E-state index contributed by atoms with van der Waals surface area (Å²) in [6, 6.07) is 16.0. The van der Waals surface area contributed by atoms with Crippen LogP contribution in [0, 0.1) is 0 Å². The summed E-state index contributed by atoms with van der Waals surface area (Å²) in [5.74, 6) is 1.09. The molecule has 4 rings (SSSR count). The molecule has 1 aliphatic heterocycles. The number of para-hydroxylation sites is 2. The summed E-state index contributed by atoms with van der Waals surface area (Å²) in [5.41, 5.74) is 3.81. The van der Waals surface area contributed by atoms with E-state index in [1.54, 1.807) is 12.1 Å². The first-order valence-electron chi connectivity index (χ1n) is 8.20. The Hall–Kier alpha value is -2.17. The van der Waals surface area contributed by atoms with Crippen molar-refractivity contribution in [3.05, 3.63) is 65.5 Å². The lowest BCUT2D eigenvalue weighted by Gasteiger charge is -2.14. The summed E-state index contributed by atoms with van der Waals surface area (Å²) in [4.78, 5) is 16.1. The highest BCUT2D eigenvalue weighted by atomic mass is 35.5. The van der Waals surface area contributed by atoms with E-state index in [9.17, 15) is 4.79 Å². The Bertz CT molecular complexity index is 879. The molecule has 2 aromatic carbocycles. The lowest BCUT2D eigenvalue weighted by Crippen LogP contribution is -2.18. The fourth-order valence-electron chi connectivity index (χ4n) is 3.36. The smallest absolute Gasteiger partial charge is 0.252 e. The summed E-state index contributed by atoms with van der Waals surface area (Å²) >= 11 is 5.53. The number of aromatic nitrogens is 2. The molecule has 0 amide bonds. The molecule has 4 nitrogen and oxygen atoms in total. The number of nitrogens with zero attached hydrogens (tertiary/aromatic N) is 2. The van der Waals surface area contributed by atoms with Crippen molar-refractivity contribution in [1.29, 1.82) is 0 Å². The van der Waals surface area contributed by atoms with Crippen molar-refractivity contribution in [2.24, 2.45) is 0 Å². The number of nitrogens with one attached hydrogen (secondary N) is 1. The van der Waals surface area contributed by atoms with Gasteiger partial charge in [-0.3, -0.25) is 4.79 Å². The molecule has 1 aliphatic rings. The second-order valence-corrected chi connectivity index (χ2v) is 6.51. The zero-order valence-electron chi connectivity index (χ0n) is 13.2. The van der Waals surface area contributed by atoms with Gasteiger partial charge in [0.15, 0.2) is 0 Å². The SMILES string of the molecule is O=C(Cl)c1ccc(Cn2c(C3CCCN3)nc3ccccc32)cc1. The molecular formula is C19H18ClN3O. The van der Waals surface area contributed by atoms with Gasteiger partial charge in [0.2, 0.25) is 0 Å². The molecule has 1 aromatic heterocycles. The van der Waals surface area contributed by atoms with Gasteiger partial charge in [-0.05, 0) is 60.8 Å². The maximum absolute atomic E-state index is 11.2. The van der Waals surface area contributed by atoms with Crippen LogP contribution >= 0.6 is 11.6 Å². The van der Waals surface area contributed by atoms with Crippen LogP contribution in [0.2, 0.25) is 0 Å². The van der Waals surface area contributed by atoms with Crippen LogP contribution < -0.4 is 5.32 Å². The lowest BCUT2D eigenvalue weighted by atomic mass is 10.1. The Labute approximate surface area is 145 Å². The Morgan fingerprint density at radius 3 is 2.71 bits per heavy atom. The first-order chi connectivity index (χ1) is 11.7. The van der Waals surface area contributed by atoms with Gasteiger partial charge in [-0.1, -0.05) is 24.3 Å². The van der Waals surface area contributed by atoms with E-state index in [-0.39, 0.29) is 0 Å². The van der Waals surface area contributed by atoms with E-state index in [2.05, 4.69) is 22.0 Å². The van der Waals surface area contributed by atoms with Crippen LogP contribution in [0.25, 0.3) is 11.0 Å². The quantitative estimate of drug-likeness (QED) is 0.733. The minimum Gasteiger partial charge on any atom is -0.322 e. The molecular weight excluding hydrogens is 322 g/mol. The summed E-state index contributed by atoms with van der Waals surface area (Å²) < 4.78 is 2.27. The summed E-state index contributed by atoms with van der Waals surface area (Å²) in [7, 11) is 0. The average Bonchev–Trinajstić information content (AvgIpc) is 3.23. The third-order valence-electron chi connectivity index (χ3n) is 4.58. The average molecular weight is 340 g/mol. The molecule has 3 aromatic rings. The summed E-state index contributed by atoms with van der Waals surface area (Å²) in [6.45, 7) is 1.77. The van der Waals surface area contributed by atoms with E-state index in [0.29, 0.717) is 11.6 Å². The van der Waals surface area contributed by atoms with Gasteiger partial charge in [0, 0.05) is 12.1 Å². The molecule has 0 spiro atoms. The zero-order valence-corrected chi connectivity index (χ0v) is 14.0. The fourth-order valence-corrected chi connectivity index (χ4v) is 3.48. The number of carbonyl (C=O) groups is 1. The molecule has 122 valence electrons. The van der Waals surface area contributed by atoms with Gasteiger partial charge in [-0.2, -0.15) is 0 Å². The highest BCUT2D eigenvalue weighted by molar-refractivity contribution is 6.67.